The summed E-state index contributed by atoms with van der Waals surface area (Å²) in [4.78, 5) is 0. The quantitative estimate of drug-likeness (QED) is 0.293. The molecule has 0 bridgehead atoms. The fraction of sp³-hybridized carbons (Fsp3) is 0.667. The lowest BCUT2D eigenvalue weighted by atomic mass is 10.0. The zero-order valence-electron chi connectivity index (χ0n) is 17.7. The molecule has 0 fully saturated rings. The molecule has 0 aliphatic rings. The number of hydrogen-bond acceptors (Lipinski definition) is 1. The molecule has 0 saturated heterocycles. The summed E-state index contributed by atoms with van der Waals surface area (Å²) in [7, 11) is 0. The minimum absolute atomic E-state index is 0.275. The van der Waals surface area contributed by atoms with Crippen LogP contribution in [0.5, 0.6) is 0 Å². The van der Waals surface area contributed by atoms with Gasteiger partial charge in [-0.05, 0) is 78.1 Å². The van der Waals surface area contributed by atoms with Crippen LogP contribution in [0.1, 0.15) is 80.1 Å². The van der Waals surface area contributed by atoms with Gasteiger partial charge in [-0.25, -0.2) is 0 Å². The average Bonchev–Trinajstić information content (AvgIpc) is 2.53. The van der Waals surface area contributed by atoms with Gasteiger partial charge in [0.15, 0.2) is 0 Å². The first kappa shape index (κ1) is 23.9. The van der Waals surface area contributed by atoms with Crippen molar-refractivity contribution in [3.05, 3.63) is 48.6 Å². The predicted octanol–water partition coefficient (Wildman–Crippen LogP) is 7.66. The molecule has 0 aromatic rings. The van der Waals surface area contributed by atoms with Crippen LogP contribution in [0.25, 0.3) is 0 Å². The summed E-state index contributed by atoms with van der Waals surface area (Å²) >= 11 is 0. The van der Waals surface area contributed by atoms with Crippen LogP contribution >= 0.6 is 0 Å². The van der Waals surface area contributed by atoms with Crippen molar-refractivity contribution in [2.24, 2.45) is 11.8 Å². The van der Waals surface area contributed by atoms with Gasteiger partial charge in [0.1, 0.15) is 0 Å². The van der Waals surface area contributed by atoms with Crippen LogP contribution < -0.4 is 0 Å². The van der Waals surface area contributed by atoms with Gasteiger partial charge in [0.05, 0.1) is 12.2 Å². The third kappa shape index (κ3) is 13.8. The van der Waals surface area contributed by atoms with Gasteiger partial charge in [-0.1, -0.05) is 49.3 Å². The standard InChI is InChI=1S/C24H42O/c1-9-19(3)13-11-15-21(5)17-23(7)25-24(8)18-22(6)16-12-14-20(4)10-2/h9-10,15-16,19-20,23-24H,1-2,11-14,17-18H2,3-8H3. The van der Waals surface area contributed by atoms with Crippen LogP contribution in [0.2, 0.25) is 0 Å². The van der Waals surface area contributed by atoms with E-state index in [1.165, 1.54) is 24.0 Å². The molecule has 25 heavy (non-hydrogen) atoms. The molecule has 0 N–H and O–H groups in total. The fourth-order valence-electron chi connectivity index (χ4n) is 2.99. The van der Waals surface area contributed by atoms with Crippen molar-refractivity contribution in [2.45, 2.75) is 92.3 Å². The average molecular weight is 347 g/mol. The highest BCUT2D eigenvalue weighted by molar-refractivity contribution is 5.01. The molecule has 0 radical (unpaired) electrons. The summed E-state index contributed by atoms with van der Waals surface area (Å²) in [5, 5.41) is 0. The van der Waals surface area contributed by atoms with Crippen molar-refractivity contribution in [2.75, 3.05) is 0 Å². The second kappa shape index (κ2) is 14.1. The van der Waals surface area contributed by atoms with E-state index in [0.29, 0.717) is 11.8 Å². The summed E-state index contributed by atoms with van der Waals surface area (Å²) in [6.45, 7) is 20.9. The zero-order valence-corrected chi connectivity index (χ0v) is 17.7. The van der Waals surface area contributed by atoms with Gasteiger partial charge in [-0.15, -0.1) is 13.2 Å². The topological polar surface area (TPSA) is 9.23 Å². The van der Waals surface area contributed by atoms with E-state index in [0.717, 1.165) is 25.7 Å². The third-order valence-electron chi connectivity index (χ3n) is 4.72. The Hall–Kier alpha value is -1.08. The lowest BCUT2D eigenvalue weighted by Gasteiger charge is -2.20. The molecule has 0 aliphatic carbocycles. The Morgan fingerprint density at radius 1 is 0.760 bits per heavy atom. The largest absolute Gasteiger partial charge is 0.375 e. The minimum Gasteiger partial charge on any atom is -0.375 e. The zero-order chi connectivity index (χ0) is 19.2. The van der Waals surface area contributed by atoms with Crippen LogP contribution in [0.15, 0.2) is 48.6 Å². The maximum atomic E-state index is 6.17. The number of rotatable bonds is 14. The molecular formula is C24H42O. The normalized spacial score (nSPS) is 17.7. The molecular weight excluding hydrogens is 304 g/mol. The van der Waals surface area contributed by atoms with Gasteiger partial charge in [-0.3, -0.25) is 0 Å². The molecule has 0 aromatic carbocycles. The van der Waals surface area contributed by atoms with Crippen LogP contribution in [0, 0.1) is 11.8 Å². The van der Waals surface area contributed by atoms with Gasteiger partial charge in [0, 0.05) is 0 Å². The molecule has 144 valence electrons. The van der Waals surface area contributed by atoms with Gasteiger partial charge in [0.25, 0.3) is 0 Å². The van der Waals surface area contributed by atoms with E-state index in [-0.39, 0.29) is 12.2 Å². The molecule has 0 spiro atoms. The second-order valence-corrected chi connectivity index (χ2v) is 7.85. The van der Waals surface area contributed by atoms with E-state index in [1.54, 1.807) is 0 Å². The Bertz CT molecular complexity index is 389. The number of ether oxygens (including phenoxy) is 1. The summed E-state index contributed by atoms with van der Waals surface area (Å²) in [5.41, 5.74) is 2.86. The molecule has 0 saturated carbocycles. The predicted molar refractivity (Wildman–Crippen MR) is 114 cm³/mol. The van der Waals surface area contributed by atoms with Gasteiger partial charge < -0.3 is 4.74 Å². The summed E-state index contributed by atoms with van der Waals surface area (Å²) < 4.78 is 6.17. The SMILES string of the molecule is C=CC(C)CCC=C(C)CC(C)OC(C)CC(C)=CCCC(C)C=C. The Morgan fingerprint density at radius 3 is 1.44 bits per heavy atom. The van der Waals surface area contributed by atoms with Crippen LogP contribution in [0.4, 0.5) is 0 Å². The lowest BCUT2D eigenvalue weighted by molar-refractivity contribution is 0.00947. The highest BCUT2D eigenvalue weighted by Gasteiger charge is 2.10. The third-order valence-corrected chi connectivity index (χ3v) is 4.72. The minimum atomic E-state index is 0.275. The lowest BCUT2D eigenvalue weighted by Crippen LogP contribution is -2.17. The maximum Gasteiger partial charge on any atom is 0.0587 e. The molecule has 4 unspecified atom stereocenters. The van der Waals surface area contributed by atoms with Crippen molar-refractivity contribution in [3.8, 4) is 0 Å². The number of hydrogen-bond donors (Lipinski definition) is 0. The van der Waals surface area contributed by atoms with Crippen molar-refractivity contribution < 1.29 is 4.74 Å². The Kier molecular flexibility index (Phi) is 13.5. The van der Waals surface area contributed by atoms with Crippen LogP contribution in [-0.4, -0.2) is 12.2 Å². The molecule has 0 heterocycles. The van der Waals surface area contributed by atoms with E-state index in [4.69, 9.17) is 4.74 Å². The Labute approximate surface area is 157 Å². The van der Waals surface area contributed by atoms with Crippen LogP contribution in [-0.2, 0) is 4.74 Å². The number of allylic oxidation sites excluding steroid dienone is 4. The van der Waals surface area contributed by atoms with Crippen molar-refractivity contribution in [3.63, 3.8) is 0 Å². The molecule has 1 heteroatoms. The summed E-state index contributed by atoms with van der Waals surface area (Å²) in [5.74, 6) is 1.20. The van der Waals surface area contributed by atoms with Crippen molar-refractivity contribution >= 4 is 0 Å². The Balaban J connectivity index is 4.12. The van der Waals surface area contributed by atoms with Gasteiger partial charge in [-0.2, -0.15) is 0 Å². The second-order valence-electron chi connectivity index (χ2n) is 7.85. The molecule has 0 aromatic heterocycles. The molecule has 0 aliphatic heterocycles. The van der Waals surface area contributed by atoms with Crippen LogP contribution in [0.3, 0.4) is 0 Å². The van der Waals surface area contributed by atoms with E-state index in [9.17, 15) is 0 Å². The molecule has 0 amide bonds. The van der Waals surface area contributed by atoms with Gasteiger partial charge >= 0.3 is 0 Å². The monoisotopic (exact) mass is 346 g/mol. The maximum absolute atomic E-state index is 6.17. The molecule has 1 nitrogen and oxygen atoms in total. The highest BCUT2D eigenvalue weighted by atomic mass is 16.5. The summed E-state index contributed by atoms with van der Waals surface area (Å²) in [6.07, 6.45) is 16.0. The summed E-state index contributed by atoms with van der Waals surface area (Å²) in [6, 6.07) is 0. The van der Waals surface area contributed by atoms with E-state index < -0.39 is 0 Å². The molecule has 4 atom stereocenters. The highest BCUT2D eigenvalue weighted by Crippen LogP contribution is 2.17. The van der Waals surface area contributed by atoms with E-state index >= 15 is 0 Å². The first-order chi connectivity index (χ1) is 11.8. The van der Waals surface area contributed by atoms with Crippen molar-refractivity contribution in [1.29, 1.82) is 0 Å². The van der Waals surface area contributed by atoms with E-state index in [1.807, 2.05) is 12.2 Å². The Morgan fingerprint density at radius 2 is 1.12 bits per heavy atom. The smallest absolute Gasteiger partial charge is 0.0587 e. The van der Waals surface area contributed by atoms with Crippen molar-refractivity contribution in [1.82, 2.24) is 0 Å². The van der Waals surface area contributed by atoms with Gasteiger partial charge in [0.2, 0.25) is 0 Å². The first-order valence-electron chi connectivity index (χ1n) is 10.00. The fourth-order valence-corrected chi connectivity index (χ4v) is 2.99. The first-order valence-corrected chi connectivity index (χ1v) is 10.00. The van der Waals surface area contributed by atoms with E-state index in [2.05, 4.69) is 66.9 Å². The molecule has 0 rings (SSSR count).